The summed E-state index contributed by atoms with van der Waals surface area (Å²) < 4.78 is 47.6. The Hall–Kier alpha value is -3.42. The van der Waals surface area contributed by atoms with Crippen molar-refractivity contribution in [1.82, 2.24) is 0 Å². The first kappa shape index (κ1) is 27.2. The highest BCUT2D eigenvalue weighted by molar-refractivity contribution is 5.95. The predicted octanol–water partition coefficient (Wildman–Crippen LogP) is 5.66. The molecule has 0 saturated heterocycles. The third kappa shape index (κ3) is 7.80. The third-order valence-corrected chi connectivity index (χ3v) is 5.01. The first-order valence-electron chi connectivity index (χ1n) is 11.7. The van der Waals surface area contributed by atoms with E-state index in [4.69, 9.17) is 18.9 Å². The summed E-state index contributed by atoms with van der Waals surface area (Å²) in [5, 5.41) is 0. The van der Waals surface area contributed by atoms with Crippen LogP contribution in [-0.4, -0.2) is 36.4 Å². The van der Waals surface area contributed by atoms with Crippen LogP contribution in [0.2, 0.25) is 0 Å². The van der Waals surface area contributed by atoms with Crippen molar-refractivity contribution in [1.29, 1.82) is 0 Å². The molecule has 1 atom stereocenters. The first-order valence-corrected chi connectivity index (χ1v) is 11.7. The number of esters is 2. The Bertz CT molecular complexity index is 1160. The predicted molar refractivity (Wildman–Crippen MR) is 131 cm³/mol. The van der Waals surface area contributed by atoms with Gasteiger partial charge >= 0.3 is 11.9 Å². The van der Waals surface area contributed by atoms with E-state index in [1.54, 1.807) is 39.0 Å². The van der Waals surface area contributed by atoms with Crippen molar-refractivity contribution in [3.05, 3.63) is 64.7 Å². The maximum Gasteiger partial charge on any atom is 0.338 e. The average molecular weight is 503 g/mol. The van der Waals surface area contributed by atoms with Crippen molar-refractivity contribution in [3.8, 4) is 11.5 Å². The maximum absolute atomic E-state index is 13.1. The second kappa shape index (κ2) is 10.7. The highest BCUT2D eigenvalue weighted by Crippen LogP contribution is 2.30. The lowest BCUT2D eigenvalue weighted by atomic mass is 9.96. The Morgan fingerprint density at radius 3 is 2.11 bits per heavy atom. The first-order chi connectivity index (χ1) is 16.7. The molecule has 0 radical (unpaired) electrons. The summed E-state index contributed by atoms with van der Waals surface area (Å²) in [6.07, 6.45) is 2.07. The van der Waals surface area contributed by atoms with E-state index in [0.29, 0.717) is 29.1 Å². The molecule has 0 aromatic heterocycles. The van der Waals surface area contributed by atoms with Crippen LogP contribution < -0.4 is 9.47 Å². The number of benzene rings is 2. The van der Waals surface area contributed by atoms with Crippen LogP contribution in [0.15, 0.2) is 42.0 Å². The van der Waals surface area contributed by atoms with Crippen LogP contribution in [0.1, 0.15) is 52.7 Å². The van der Waals surface area contributed by atoms with Gasteiger partial charge in [0.15, 0.2) is 0 Å². The molecule has 0 bridgehead atoms. The molecule has 0 spiro atoms. The van der Waals surface area contributed by atoms with Crippen LogP contribution in [-0.2, 0) is 25.5 Å². The van der Waals surface area contributed by atoms with Crippen LogP contribution in [0.25, 0.3) is 6.08 Å². The smallest absolute Gasteiger partial charge is 0.338 e. The van der Waals surface area contributed by atoms with E-state index in [0.717, 1.165) is 5.56 Å². The van der Waals surface area contributed by atoms with Crippen molar-refractivity contribution >= 4 is 18.0 Å². The van der Waals surface area contributed by atoms with Gasteiger partial charge in [-0.3, -0.25) is 4.79 Å². The molecule has 1 unspecified atom stereocenters. The molecule has 2 aromatic carbocycles. The Morgan fingerprint density at radius 2 is 1.47 bits per heavy atom. The minimum Gasteiger partial charge on any atom is -0.492 e. The molecule has 194 valence electrons. The van der Waals surface area contributed by atoms with Gasteiger partial charge in [-0.15, -0.1) is 0 Å². The minimum absolute atomic E-state index is 0.146. The van der Waals surface area contributed by atoms with Crippen molar-refractivity contribution in [3.63, 3.8) is 0 Å². The van der Waals surface area contributed by atoms with Gasteiger partial charge in [0.05, 0.1) is 11.5 Å². The number of ether oxygens (including phenoxy) is 4. The Labute approximate surface area is 210 Å². The molecule has 2 aromatic rings. The topological polar surface area (TPSA) is 71.1 Å². The van der Waals surface area contributed by atoms with Gasteiger partial charge in [0, 0.05) is 5.56 Å². The van der Waals surface area contributed by atoms with Gasteiger partial charge in [0.25, 0.3) is 0 Å². The number of rotatable bonds is 2. The van der Waals surface area contributed by atoms with E-state index in [1.165, 1.54) is 24.3 Å². The van der Waals surface area contributed by atoms with E-state index in [9.17, 15) is 18.4 Å². The summed E-state index contributed by atoms with van der Waals surface area (Å²) in [5.41, 5.74) is 0.599. The molecule has 36 heavy (non-hydrogen) atoms. The summed E-state index contributed by atoms with van der Waals surface area (Å²) in [7, 11) is 0. The standard InChI is InChI=1S/C14H17FO3.C14H15FO3/c2*1-14(2,3)18-13(16)10-6-9-7-11(15)4-5-12(9)17-8-10/h4-5,7,10H,6,8H2,1-3H3;4-7H,8H2,1-3H3. The molecule has 0 fully saturated rings. The number of carbonyl (C=O) groups is 2. The molecule has 2 heterocycles. The van der Waals surface area contributed by atoms with Crippen LogP contribution in [0.4, 0.5) is 8.78 Å². The van der Waals surface area contributed by atoms with Crippen molar-refractivity contribution in [2.24, 2.45) is 5.92 Å². The highest BCUT2D eigenvalue weighted by atomic mass is 19.1. The van der Waals surface area contributed by atoms with Gasteiger partial charge in [0.2, 0.25) is 0 Å². The minimum atomic E-state index is -0.555. The number of fused-ring (bicyclic) bond motifs is 2. The van der Waals surface area contributed by atoms with Gasteiger partial charge in [-0.2, -0.15) is 0 Å². The molecular weight excluding hydrogens is 470 g/mol. The fourth-order valence-electron chi connectivity index (χ4n) is 3.51. The summed E-state index contributed by atoms with van der Waals surface area (Å²) in [4.78, 5) is 23.8. The lowest BCUT2D eigenvalue weighted by molar-refractivity contribution is -0.161. The fraction of sp³-hybridized carbons (Fsp3) is 0.429. The lowest BCUT2D eigenvalue weighted by Gasteiger charge is -2.27. The van der Waals surface area contributed by atoms with E-state index >= 15 is 0 Å². The lowest BCUT2D eigenvalue weighted by Crippen LogP contribution is -2.34. The molecule has 2 aliphatic heterocycles. The summed E-state index contributed by atoms with van der Waals surface area (Å²) >= 11 is 0. The van der Waals surface area contributed by atoms with Gasteiger partial charge in [-0.25, -0.2) is 13.6 Å². The summed E-state index contributed by atoms with van der Waals surface area (Å²) in [6, 6.07) is 8.56. The quantitative estimate of drug-likeness (QED) is 0.494. The third-order valence-electron chi connectivity index (χ3n) is 5.01. The van der Waals surface area contributed by atoms with Crippen LogP contribution in [0.3, 0.4) is 0 Å². The van der Waals surface area contributed by atoms with Crippen molar-refractivity contribution in [2.45, 2.75) is 59.2 Å². The molecular formula is C28H32F2O6. The second-order valence-corrected chi connectivity index (χ2v) is 10.6. The van der Waals surface area contributed by atoms with Crippen LogP contribution >= 0.6 is 0 Å². The van der Waals surface area contributed by atoms with Gasteiger partial charge in [-0.05, 0) is 96.0 Å². The Kier molecular flexibility index (Phi) is 8.06. The summed E-state index contributed by atoms with van der Waals surface area (Å²) in [5.74, 6) is -0.547. The van der Waals surface area contributed by atoms with E-state index in [2.05, 4.69) is 0 Å². The Balaban J connectivity index is 0.000000201. The molecule has 0 N–H and O–H groups in total. The van der Waals surface area contributed by atoms with E-state index in [-0.39, 0.29) is 36.7 Å². The molecule has 8 heteroatoms. The largest absolute Gasteiger partial charge is 0.492 e. The zero-order valence-corrected chi connectivity index (χ0v) is 21.4. The average Bonchev–Trinajstić information content (AvgIpc) is 2.76. The molecule has 4 rings (SSSR count). The van der Waals surface area contributed by atoms with Crippen LogP contribution in [0.5, 0.6) is 11.5 Å². The molecule has 0 aliphatic carbocycles. The molecule has 2 aliphatic rings. The zero-order valence-electron chi connectivity index (χ0n) is 21.4. The van der Waals surface area contributed by atoms with Crippen LogP contribution in [0, 0.1) is 17.6 Å². The summed E-state index contributed by atoms with van der Waals surface area (Å²) in [6.45, 7) is 11.3. The SMILES string of the molecule is CC(C)(C)OC(=O)C1=Cc2cc(F)ccc2OC1.CC(C)(C)OC(=O)C1COc2ccc(F)cc2C1. The number of hydrogen-bond acceptors (Lipinski definition) is 6. The van der Waals surface area contributed by atoms with Gasteiger partial charge < -0.3 is 18.9 Å². The normalized spacial score (nSPS) is 16.6. The molecule has 0 amide bonds. The molecule has 0 saturated carbocycles. The number of halogens is 2. The maximum atomic E-state index is 13.1. The fourth-order valence-corrected chi connectivity index (χ4v) is 3.51. The zero-order chi connectivity index (χ0) is 26.7. The number of carbonyl (C=O) groups excluding carboxylic acids is 2. The highest BCUT2D eigenvalue weighted by Gasteiger charge is 2.30. The van der Waals surface area contributed by atoms with E-state index in [1.807, 2.05) is 20.8 Å². The number of hydrogen-bond donors (Lipinski definition) is 0. The monoisotopic (exact) mass is 502 g/mol. The van der Waals surface area contributed by atoms with Crippen molar-refractivity contribution in [2.75, 3.05) is 13.2 Å². The van der Waals surface area contributed by atoms with Gasteiger partial charge in [0.1, 0.15) is 47.5 Å². The molecule has 6 nitrogen and oxygen atoms in total. The van der Waals surface area contributed by atoms with E-state index < -0.39 is 17.2 Å². The Morgan fingerprint density at radius 1 is 0.861 bits per heavy atom. The second-order valence-electron chi connectivity index (χ2n) is 10.6. The van der Waals surface area contributed by atoms with Crippen molar-refractivity contribution < 1.29 is 37.3 Å². The van der Waals surface area contributed by atoms with Gasteiger partial charge in [-0.1, -0.05) is 0 Å².